The van der Waals surface area contributed by atoms with E-state index in [1.807, 2.05) is 0 Å². The molecule has 6 nitrogen and oxygen atoms in total. The maximum absolute atomic E-state index is 11.7. The molecule has 1 fully saturated rings. The van der Waals surface area contributed by atoms with Crippen LogP contribution in [0.15, 0.2) is 24.3 Å². The molecule has 1 aliphatic rings. The molecule has 1 saturated heterocycles. The number of imide groups is 1. The molecule has 1 unspecified atom stereocenters. The lowest BCUT2D eigenvalue weighted by Gasteiger charge is -2.32. The summed E-state index contributed by atoms with van der Waals surface area (Å²) in [4.78, 5) is 37.1. The Morgan fingerprint density at radius 1 is 1.25 bits per heavy atom. The fourth-order valence-corrected chi connectivity index (χ4v) is 2.05. The van der Waals surface area contributed by atoms with Gasteiger partial charge in [0.15, 0.2) is 0 Å². The molecule has 1 atom stereocenters. The van der Waals surface area contributed by atoms with Crippen molar-refractivity contribution in [2.24, 2.45) is 0 Å². The number of carbonyl (C=O) groups is 3. The number of piperazine rings is 1. The van der Waals surface area contributed by atoms with E-state index in [-0.39, 0.29) is 24.9 Å². The highest BCUT2D eigenvalue weighted by atomic mass is 16.4. The zero-order valence-electron chi connectivity index (χ0n) is 11.4. The highest BCUT2D eigenvalue weighted by Crippen LogP contribution is 2.23. The molecule has 0 aromatic heterocycles. The van der Waals surface area contributed by atoms with E-state index in [9.17, 15) is 14.4 Å². The van der Waals surface area contributed by atoms with E-state index >= 15 is 0 Å². The number of nitrogens with zero attached hydrogens (tertiary/aromatic N) is 2. The SMILES string of the molecule is CC(C(=O)O)c1cccc(N2CC(=O)N(C)C(=O)C2)c1. The van der Waals surface area contributed by atoms with Crippen LogP contribution in [-0.2, 0) is 14.4 Å². The standard InChI is InChI=1S/C14H16N2O4/c1-9(14(19)20)10-4-3-5-11(6-10)16-7-12(17)15(2)13(18)8-16/h3-6,9H,7-8H2,1-2H3,(H,19,20). The molecule has 0 aliphatic carbocycles. The Morgan fingerprint density at radius 3 is 2.40 bits per heavy atom. The average Bonchev–Trinajstić information content (AvgIpc) is 2.43. The molecule has 0 spiro atoms. The topological polar surface area (TPSA) is 77.9 Å². The van der Waals surface area contributed by atoms with Crippen molar-refractivity contribution < 1.29 is 19.5 Å². The fourth-order valence-electron chi connectivity index (χ4n) is 2.05. The van der Waals surface area contributed by atoms with E-state index in [1.54, 1.807) is 36.1 Å². The van der Waals surface area contributed by atoms with Crippen LogP contribution in [-0.4, -0.2) is 47.9 Å². The Balaban J connectivity index is 2.25. The second kappa shape index (κ2) is 5.32. The van der Waals surface area contributed by atoms with Gasteiger partial charge in [0.1, 0.15) is 0 Å². The van der Waals surface area contributed by atoms with Gasteiger partial charge in [0, 0.05) is 12.7 Å². The van der Waals surface area contributed by atoms with Crippen LogP contribution in [0.5, 0.6) is 0 Å². The number of benzene rings is 1. The second-order valence-corrected chi connectivity index (χ2v) is 4.86. The van der Waals surface area contributed by atoms with E-state index < -0.39 is 11.9 Å². The summed E-state index contributed by atoms with van der Waals surface area (Å²) in [6.45, 7) is 1.84. The first kappa shape index (κ1) is 14.0. The summed E-state index contributed by atoms with van der Waals surface area (Å²) < 4.78 is 0. The third-order valence-corrected chi connectivity index (χ3v) is 3.51. The van der Waals surface area contributed by atoms with Crippen LogP contribution in [0.25, 0.3) is 0 Å². The number of carboxylic acid groups (broad SMARTS) is 1. The lowest BCUT2D eigenvalue weighted by Crippen LogP contribution is -2.52. The minimum Gasteiger partial charge on any atom is -0.481 e. The van der Waals surface area contributed by atoms with Gasteiger partial charge < -0.3 is 10.0 Å². The molecule has 2 rings (SSSR count). The lowest BCUT2D eigenvalue weighted by molar-refractivity contribution is -0.143. The van der Waals surface area contributed by atoms with Crippen molar-refractivity contribution in [2.45, 2.75) is 12.8 Å². The molecular formula is C14H16N2O4. The largest absolute Gasteiger partial charge is 0.481 e. The van der Waals surface area contributed by atoms with Gasteiger partial charge in [-0.05, 0) is 24.6 Å². The summed E-state index contributed by atoms with van der Waals surface area (Å²) in [6.07, 6.45) is 0. The number of rotatable bonds is 3. The Labute approximate surface area is 116 Å². The summed E-state index contributed by atoms with van der Waals surface area (Å²) in [5.74, 6) is -2.07. The van der Waals surface area contributed by atoms with Crippen molar-refractivity contribution in [1.82, 2.24) is 4.90 Å². The molecule has 20 heavy (non-hydrogen) atoms. The van der Waals surface area contributed by atoms with E-state index in [0.29, 0.717) is 11.3 Å². The minimum absolute atomic E-state index is 0.118. The number of hydrogen-bond acceptors (Lipinski definition) is 4. The van der Waals surface area contributed by atoms with Crippen molar-refractivity contribution in [2.75, 3.05) is 25.0 Å². The number of anilines is 1. The summed E-state index contributed by atoms with van der Waals surface area (Å²) >= 11 is 0. The molecule has 0 saturated carbocycles. The Morgan fingerprint density at radius 2 is 1.85 bits per heavy atom. The zero-order chi connectivity index (χ0) is 14.9. The van der Waals surface area contributed by atoms with Crippen molar-refractivity contribution in [3.8, 4) is 0 Å². The van der Waals surface area contributed by atoms with Crippen LogP contribution in [0.3, 0.4) is 0 Å². The lowest BCUT2D eigenvalue weighted by atomic mass is 10.0. The Hall–Kier alpha value is -2.37. The van der Waals surface area contributed by atoms with Crippen molar-refractivity contribution in [1.29, 1.82) is 0 Å². The number of carbonyl (C=O) groups excluding carboxylic acids is 2. The number of hydrogen-bond donors (Lipinski definition) is 1. The first-order valence-corrected chi connectivity index (χ1v) is 6.27. The number of amides is 2. The summed E-state index contributed by atoms with van der Waals surface area (Å²) in [5, 5.41) is 9.03. The van der Waals surface area contributed by atoms with Gasteiger partial charge in [0.05, 0.1) is 19.0 Å². The van der Waals surface area contributed by atoms with Gasteiger partial charge in [-0.1, -0.05) is 12.1 Å². The van der Waals surface area contributed by atoms with E-state index in [2.05, 4.69) is 0 Å². The van der Waals surface area contributed by atoms with Gasteiger partial charge in [-0.25, -0.2) is 0 Å². The predicted octanol–water partition coefficient (Wildman–Crippen LogP) is 0.680. The van der Waals surface area contributed by atoms with Crippen molar-refractivity contribution in [3.63, 3.8) is 0 Å². The van der Waals surface area contributed by atoms with Crippen molar-refractivity contribution >= 4 is 23.5 Å². The van der Waals surface area contributed by atoms with Crippen molar-refractivity contribution in [3.05, 3.63) is 29.8 Å². The molecule has 2 amide bonds. The normalized spacial score (nSPS) is 17.3. The van der Waals surface area contributed by atoms with Crippen LogP contribution >= 0.6 is 0 Å². The monoisotopic (exact) mass is 276 g/mol. The molecule has 0 bridgehead atoms. The maximum atomic E-state index is 11.7. The van der Waals surface area contributed by atoms with Crippen LogP contribution in [0, 0.1) is 0 Å². The van der Waals surface area contributed by atoms with Gasteiger partial charge in [-0.15, -0.1) is 0 Å². The molecule has 1 heterocycles. The molecule has 1 aliphatic heterocycles. The van der Waals surface area contributed by atoms with E-state index in [0.717, 1.165) is 4.90 Å². The second-order valence-electron chi connectivity index (χ2n) is 4.86. The first-order valence-electron chi connectivity index (χ1n) is 6.27. The van der Waals surface area contributed by atoms with E-state index in [1.165, 1.54) is 7.05 Å². The molecule has 1 aromatic carbocycles. The van der Waals surface area contributed by atoms with Gasteiger partial charge >= 0.3 is 5.97 Å². The molecule has 6 heteroatoms. The third-order valence-electron chi connectivity index (χ3n) is 3.51. The van der Waals surface area contributed by atoms with Gasteiger partial charge in [-0.2, -0.15) is 0 Å². The third kappa shape index (κ3) is 2.64. The summed E-state index contributed by atoms with van der Waals surface area (Å²) in [5.41, 5.74) is 1.33. The van der Waals surface area contributed by atoms with Gasteiger partial charge in [0.25, 0.3) is 0 Å². The van der Waals surface area contributed by atoms with Crippen LogP contribution in [0.1, 0.15) is 18.4 Å². The van der Waals surface area contributed by atoms with Gasteiger partial charge in [0.2, 0.25) is 11.8 Å². The quantitative estimate of drug-likeness (QED) is 0.821. The highest BCUT2D eigenvalue weighted by Gasteiger charge is 2.28. The number of carboxylic acids is 1. The van der Waals surface area contributed by atoms with E-state index in [4.69, 9.17) is 5.11 Å². The molecule has 1 aromatic rings. The zero-order valence-corrected chi connectivity index (χ0v) is 11.4. The Kier molecular flexibility index (Phi) is 3.74. The summed E-state index contributed by atoms with van der Waals surface area (Å²) in [6, 6.07) is 6.94. The van der Waals surface area contributed by atoms with Crippen LogP contribution < -0.4 is 4.90 Å². The summed E-state index contributed by atoms with van der Waals surface area (Å²) in [7, 11) is 1.46. The molecule has 106 valence electrons. The molecule has 0 radical (unpaired) electrons. The predicted molar refractivity (Wildman–Crippen MR) is 72.5 cm³/mol. The Bertz CT molecular complexity index is 552. The fraction of sp³-hybridized carbons (Fsp3) is 0.357. The first-order chi connectivity index (χ1) is 9.40. The van der Waals surface area contributed by atoms with Gasteiger partial charge in [-0.3, -0.25) is 19.3 Å². The molecule has 1 N–H and O–H groups in total. The minimum atomic E-state index is -0.910. The smallest absolute Gasteiger partial charge is 0.310 e. The maximum Gasteiger partial charge on any atom is 0.310 e. The van der Waals surface area contributed by atoms with Crippen LogP contribution in [0.4, 0.5) is 5.69 Å². The average molecular weight is 276 g/mol. The molecular weight excluding hydrogens is 260 g/mol. The number of likely N-dealkylation sites (N-methyl/N-ethyl adjacent to an activating group) is 1. The van der Waals surface area contributed by atoms with Crippen LogP contribution in [0.2, 0.25) is 0 Å². The number of aliphatic carboxylic acids is 1. The highest BCUT2D eigenvalue weighted by molar-refractivity contribution is 6.02.